The highest BCUT2D eigenvalue weighted by molar-refractivity contribution is 6.40. The standard InChI is InChI=1S/C27H28Cl2N2O6/c1-27(2)14-16(25(34)35)8-9-17(27)13-22(32)31-21(26(36)37)12-15-6-10-18(11-7-15)30-24(33)23-19(28)4-3-5-20(23)29/h3-7,10-11,13,16,21H,8-9,12,14H2,1-2H3,(H,30,33)(H,31,32)(H,34,35)(H,36,37)/b17-13+/t16?,21-/m0/s1. The van der Waals surface area contributed by atoms with Gasteiger partial charge in [-0.05, 0) is 54.5 Å². The van der Waals surface area contributed by atoms with E-state index < -0.39 is 41.1 Å². The molecule has 0 saturated heterocycles. The third kappa shape index (κ3) is 7.33. The summed E-state index contributed by atoms with van der Waals surface area (Å²) in [7, 11) is 0. The monoisotopic (exact) mass is 546 g/mol. The minimum atomic E-state index is -1.19. The van der Waals surface area contributed by atoms with Gasteiger partial charge in [-0.3, -0.25) is 14.4 Å². The zero-order valence-electron chi connectivity index (χ0n) is 20.4. The normalized spacial score (nSPS) is 18.6. The van der Waals surface area contributed by atoms with Crippen molar-refractivity contribution in [2.75, 3.05) is 5.32 Å². The van der Waals surface area contributed by atoms with Gasteiger partial charge in [0, 0.05) is 18.2 Å². The molecule has 2 aromatic carbocycles. The molecule has 8 nitrogen and oxygen atoms in total. The van der Waals surface area contributed by atoms with Gasteiger partial charge >= 0.3 is 11.9 Å². The molecule has 0 heterocycles. The Bertz CT molecular complexity index is 1220. The number of rotatable bonds is 8. The Morgan fingerprint density at radius 3 is 2.22 bits per heavy atom. The van der Waals surface area contributed by atoms with Crippen molar-refractivity contribution >= 4 is 52.6 Å². The molecule has 0 aromatic heterocycles. The summed E-state index contributed by atoms with van der Waals surface area (Å²) in [6.45, 7) is 3.77. The molecule has 37 heavy (non-hydrogen) atoms. The average Bonchev–Trinajstić information content (AvgIpc) is 2.80. The number of halogens is 2. The predicted molar refractivity (Wildman–Crippen MR) is 141 cm³/mol. The van der Waals surface area contributed by atoms with Crippen LogP contribution in [-0.4, -0.2) is 40.0 Å². The molecule has 0 aliphatic heterocycles. The fourth-order valence-electron chi connectivity index (χ4n) is 4.44. The first-order chi connectivity index (χ1) is 17.4. The Morgan fingerprint density at radius 2 is 1.68 bits per heavy atom. The van der Waals surface area contributed by atoms with Crippen molar-refractivity contribution in [1.29, 1.82) is 0 Å². The molecular weight excluding hydrogens is 519 g/mol. The smallest absolute Gasteiger partial charge is 0.326 e. The first-order valence-electron chi connectivity index (χ1n) is 11.7. The molecule has 0 spiro atoms. The second kappa shape index (κ2) is 11.8. The van der Waals surface area contributed by atoms with Crippen LogP contribution in [0.4, 0.5) is 5.69 Å². The number of anilines is 1. The summed E-state index contributed by atoms with van der Waals surface area (Å²) >= 11 is 12.2. The molecule has 4 N–H and O–H groups in total. The van der Waals surface area contributed by atoms with E-state index in [2.05, 4.69) is 10.6 Å². The molecule has 1 aliphatic carbocycles. The molecule has 2 aromatic rings. The van der Waals surface area contributed by atoms with Crippen LogP contribution in [0.3, 0.4) is 0 Å². The topological polar surface area (TPSA) is 133 Å². The van der Waals surface area contributed by atoms with Crippen molar-refractivity contribution < 1.29 is 29.4 Å². The van der Waals surface area contributed by atoms with Crippen LogP contribution in [0.15, 0.2) is 54.1 Å². The summed E-state index contributed by atoms with van der Waals surface area (Å²) in [4.78, 5) is 48.4. The number of amides is 2. The number of carboxylic acids is 2. The van der Waals surface area contributed by atoms with E-state index in [1.54, 1.807) is 42.5 Å². The highest BCUT2D eigenvalue weighted by atomic mass is 35.5. The SMILES string of the molecule is CC1(C)CC(C(=O)O)CC/C1=C\C(=O)N[C@@H](Cc1ccc(NC(=O)c2c(Cl)cccc2Cl)cc1)C(=O)O. The molecule has 196 valence electrons. The van der Waals surface area contributed by atoms with Crippen LogP contribution in [0, 0.1) is 11.3 Å². The lowest BCUT2D eigenvalue weighted by Crippen LogP contribution is -2.42. The van der Waals surface area contributed by atoms with Gasteiger partial charge in [0.1, 0.15) is 6.04 Å². The summed E-state index contributed by atoms with van der Waals surface area (Å²) in [6, 6.07) is 10.1. The molecule has 10 heteroatoms. The summed E-state index contributed by atoms with van der Waals surface area (Å²) in [5.41, 5.74) is 1.56. The second-order valence-electron chi connectivity index (χ2n) is 9.68. The lowest BCUT2D eigenvalue weighted by molar-refractivity contribution is -0.143. The Hall–Kier alpha value is -3.36. The van der Waals surface area contributed by atoms with E-state index >= 15 is 0 Å². The highest BCUT2D eigenvalue weighted by Crippen LogP contribution is 2.42. The van der Waals surface area contributed by atoms with Gasteiger partial charge in [0.05, 0.1) is 21.5 Å². The fraction of sp³-hybridized carbons (Fsp3) is 0.333. The average molecular weight is 547 g/mol. The minimum absolute atomic E-state index is 0.0271. The number of benzene rings is 2. The second-order valence-corrected chi connectivity index (χ2v) is 10.5. The zero-order valence-corrected chi connectivity index (χ0v) is 21.9. The Labute approximate surface area is 224 Å². The summed E-state index contributed by atoms with van der Waals surface area (Å²) in [6.07, 6.45) is 2.73. The highest BCUT2D eigenvalue weighted by Gasteiger charge is 2.36. The number of hydrogen-bond donors (Lipinski definition) is 4. The Kier molecular flexibility index (Phi) is 8.99. The van der Waals surface area contributed by atoms with Gasteiger partial charge < -0.3 is 20.8 Å². The number of hydrogen-bond acceptors (Lipinski definition) is 4. The molecule has 2 amide bonds. The predicted octanol–water partition coefficient (Wildman–Crippen LogP) is 5.19. The lowest BCUT2D eigenvalue weighted by atomic mass is 9.68. The number of carboxylic acid groups (broad SMARTS) is 2. The quantitative estimate of drug-likeness (QED) is 0.336. The molecular formula is C27H28Cl2N2O6. The third-order valence-electron chi connectivity index (χ3n) is 6.50. The number of aliphatic carboxylic acids is 2. The molecule has 3 rings (SSSR count). The van der Waals surface area contributed by atoms with E-state index in [4.69, 9.17) is 23.2 Å². The van der Waals surface area contributed by atoms with E-state index in [1.807, 2.05) is 13.8 Å². The van der Waals surface area contributed by atoms with Crippen molar-refractivity contribution in [3.05, 3.63) is 75.3 Å². The Balaban J connectivity index is 1.64. The molecule has 0 radical (unpaired) electrons. The first-order valence-corrected chi connectivity index (χ1v) is 12.4. The van der Waals surface area contributed by atoms with Gasteiger partial charge in [-0.1, -0.05) is 60.8 Å². The maximum absolute atomic E-state index is 12.6. The van der Waals surface area contributed by atoms with Crippen LogP contribution in [0.25, 0.3) is 0 Å². The zero-order chi connectivity index (χ0) is 27.3. The fourth-order valence-corrected chi connectivity index (χ4v) is 5.00. The van der Waals surface area contributed by atoms with Crippen molar-refractivity contribution in [1.82, 2.24) is 5.32 Å². The van der Waals surface area contributed by atoms with E-state index in [0.717, 1.165) is 5.57 Å². The van der Waals surface area contributed by atoms with E-state index in [-0.39, 0.29) is 22.0 Å². The Morgan fingerprint density at radius 1 is 1.05 bits per heavy atom. The van der Waals surface area contributed by atoms with E-state index in [0.29, 0.717) is 30.5 Å². The van der Waals surface area contributed by atoms with Gasteiger partial charge in [0.25, 0.3) is 5.91 Å². The lowest BCUT2D eigenvalue weighted by Gasteiger charge is -2.36. The molecule has 2 atom stereocenters. The van der Waals surface area contributed by atoms with Gasteiger partial charge in [0.2, 0.25) is 5.91 Å². The maximum atomic E-state index is 12.6. The van der Waals surface area contributed by atoms with Gasteiger partial charge in [-0.2, -0.15) is 0 Å². The van der Waals surface area contributed by atoms with Gasteiger partial charge in [-0.25, -0.2) is 4.79 Å². The molecule has 1 unspecified atom stereocenters. The molecule has 1 saturated carbocycles. The van der Waals surface area contributed by atoms with Crippen LogP contribution in [0.5, 0.6) is 0 Å². The minimum Gasteiger partial charge on any atom is -0.481 e. The van der Waals surface area contributed by atoms with E-state index in [1.165, 1.54) is 6.08 Å². The third-order valence-corrected chi connectivity index (χ3v) is 7.13. The van der Waals surface area contributed by atoms with E-state index in [9.17, 15) is 29.4 Å². The largest absolute Gasteiger partial charge is 0.481 e. The van der Waals surface area contributed by atoms with Gasteiger partial charge in [0.15, 0.2) is 0 Å². The van der Waals surface area contributed by atoms with Crippen molar-refractivity contribution in [3.63, 3.8) is 0 Å². The van der Waals surface area contributed by atoms with Gasteiger partial charge in [-0.15, -0.1) is 0 Å². The number of allylic oxidation sites excluding steroid dienone is 1. The van der Waals surface area contributed by atoms with Crippen LogP contribution in [0.1, 0.15) is 49.0 Å². The van der Waals surface area contributed by atoms with Crippen LogP contribution < -0.4 is 10.6 Å². The molecule has 0 bridgehead atoms. The molecule has 1 fully saturated rings. The number of carbonyl (C=O) groups excluding carboxylic acids is 2. The molecule has 1 aliphatic rings. The van der Waals surface area contributed by atoms with Crippen LogP contribution in [0.2, 0.25) is 10.0 Å². The van der Waals surface area contributed by atoms with Crippen LogP contribution >= 0.6 is 23.2 Å². The number of carbonyl (C=O) groups is 4. The summed E-state index contributed by atoms with van der Waals surface area (Å²) in [5.74, 6) is -3.51. The maximum Gasteiger partial charge on any atom is 0.326 e. The first kappa shape index (κ1) is 28.2. The number of nitrogens with one attached hydrogen (secondary N) is 2. The van der Waals surface area contributed by atoms with Crippen molar-refractivity contribution in [2.45, 2.75) is 45.6 Å². The van der Waals surface area contributed by atoms with Crippen LogP contribution in [-0.2, 0) is 20.8 Å². The summed E-state index contributed by atoms with van der Waals surface area (Å²) in [5, 5.41) is 24.6. The summed E-state index contributed by atoms with van der Waals surface area (Å²) < 4.78 is 0. The van der Waals surface area contributed by atoms with Crippen molar-refractivity contribution in [2.24, 2.45) is 11.3 Å². The van der Waals surface area contributed by atoms with Crippen molar-refractivity contribution in [3.8, 4) is 0 Å².